The second-order valence-electron chi connectivity index (χ2n) is 6.58. The largest absolute Gasteiger partial charge is 0.393 e. The zero-order valence-electron chi connectivity index (χ0n) is 12.6. The molecule has 1 rings (SSSR count). The maximum absolute atomic E-state index is 6.17. The number of nitrogens with zero attached hydrogens (tertiary/aromatic N) is 1. The third-order valence-corrected chi connectivity index (χ3v) is 4.27. The number of hydrogen-bond donors (Lipinski definition) is 1. The number of nitrogens with two attached hydrogens (primary N) is 1. The van der Waals surface area contributed by atoms with Crippen molar-refractivity contribution in [2.45, 2.75) is 65.2 Å². The summed E-state index contributed by atoms with van der Waals surface area (Å²) in [4.78, 5) is 3.06. The van der Waals surface area contributed by atoms with Gasteiger partial charge in [0.2, 0.25) is 0 Å². The Morgan fingerprint density at radius 3 is 2.33 bits per heavy atom. The van der Waals surface area contributed by atoms with Crippen LogP contribution in [-0.4, -0.2) is 40.2 Å². The Bertz CT molecular complexity index is 315. The average molecular weight is 272 g/mol. The third kappa shape index (κ3) is 3.65. The maximum Gasteiger partial charge on any atom is 0.0789 e. The molecule has 0 aromatic rings. The molecular formula is C14H28N2OS. The highest BCUT2D eigenvalue weighted by molar-refractivity contribution is 7.80. The molecule has 0 radical (unpaired) electrons. The minimum absolute atomic E-state index is 0.0476. The number of thiocarbonyl (C=S) groups is 1. The molecule has 2 N–H and O–H groups in total. The van der Waals surface area contributed by atoms with Crippen LogP contribution >= 0.6 is 12.2 Å². The Morgan fingerprint density at radius 2 is 2.00 bits per heavy atom. The summed E-state index contributed by atoms with van der Waals surface area (Å²) >= 11 is 5.08. The minimum Gasteiger partial charge on any atom is -0.393 e. The average Bonchev–Trinajstić information content (AvgIpc) is 2.42. The normalized spacial score (nSPS) is 27.4. The van der Waals surface area contributed by atoms with Gasteiger partial charge in [-0.05, 0) is 40.7 Å². The van der Waals surface area contributed by atoms with Crippen LogP contribution < -0.4 is 5.73 Å². The molecule has 1 heterocycles. The molecule has 2 unspecified atom stereocenters. The fourth-order valence-corrected chi connectivity index (χ4v) is 3.09. The van der Waals surface area contributed by atoms with E-state index in [9.17, 15) is 0 Å². The molecule has 0 saturated carbocycles. The van der Waals surface area contributed by atoms with E-state index in [0.29, 0.717) is 11.0 Å². The van der Waals surface area contributed by atoms with Crippen LogP contribution in [0.25, 0.3) is 0 Å². The third-order valence-electron chi connectivity index (χ3n) is 3.87. The highest BCUT2D eigenvalue weighted by Crippen LogP contribution is 2.40. The van der Waals surface area contributed by atoms with E-state index in [1.54, 1.807) is 0 Å². The van der Waals surface area contributed by atoms with Gasteiger partial charge in [0.15, 0.2) is 0 Å². The number of rotatable bonds is 5. The summed E-state index contributed by atoms with van der Waals surface area (Å²) in [5, 5.41) is 0. The number of hydrogen-bond acceptors (Lipinski definition) is 3. The van der Waals surface area contributed by atoms with Gasteiger partial charge in [-0.2, -0.15) is 0 Å². The number of ether oxygens (including phenoxy) is 1. The van der Waals surface area contributed by atoms with Crippen LogP contribution in [0.1, 0.15) is 48.0 Å². The van der Waals surface area contributed by atoms with Crippen LogP contribution in [0.4, 0.5) is 0 Å². The van der Waals surface area contributed by atoms with E-state index in [2.05, 4.69) is 46.4 Å². The van der Waals surface area contributed by atoms with E-state index in [1.165, 1.54) is 0 Å². The topological polar surface area (TPSA) is 38.5 Å². The lowest BCUT2D eigenvalue weighted by Crippen LogP contribution is -2.49. The fourth-order valence-electron chi connectivity index (χ4n) is 3.02. The van der Waals surface area contributed by atoms with Crippen molar-refractivity contribution in [3.63, 3.8) is 0 Å². The fraction of sp³-hybridized carbons (Fsp3) is 0.929. The smallest absolute Gasteiger partial charge is 0.0789 e. The first-order chi connectivity index (χ1) is 8.09. The Labute approximate surface area is 117 Å². The molecule has 1 aliphatic rings. The predicted octanol–water partition coefficient (Wildman–Crippen LogP) is 2.58. The van der Waals surface area contributed by atoms with Gasteiger partial charge in [-0.1, -0.05) is 26.1 Å². The van der Waals surface area contributed by atoms with Crippen molar-refractivity contribution in [3.05, 3.63) is 0 Å². The molecule has 18 heavy (non-hydrogen) atoms. The predicted molar refractivity (Wildman–Crippen MR) is 80.8 cm³/mol. The van der Waals surface area contributed by atoms with Gasteiger partial charge in [-0.15, -0.1) is 0 Å². The zero-order valence-corrected chi connectivity index (χ0v) is 13.4. The Hall–Kier alpha value is -0.190. The first-order valence-electron chi connectivity index (χ1n) is 6.82. The van der Waals surface area contributed by atoms with E-state index in [0.717, 1.165) is 19.5 Å². The van der Waals surface area contributed by atoms with Gasteiger partial charge in [0.25, 0.3) is 0 Å². The van der Waals surface area contributed by atoms with Gasteiger partial charge < -0.3 is 10.5 Å². The van der Waals surface area contributed by atoms with E-state index in [-0.39, 0.29) is 17.1 Å². The second-order valence-corrected chi connectivity index (χ2v) is 7.05. The van der Waals surface area contributed by atoms with Crippen LogP contribution in [0.3, 0.4) is 0 Å². The van der Waals surface area contributed by atoms with Gasteiger partial charge in [-0.3, -0.25) is 4.90 Å². The van der Waals surface area contributed by atoms with Crippen molar-refractivity contribution in [3.8, 4) is 0 Å². The Balaban J connectivity index is 2.79. The van der Waals surface area contributed by atoms with Crippen molar-refractivity contribution in [1.29, 1.82) is 0 Å². The monoisotopic (exact) mass is 272 g/mol. The van der Waals surface area contributed by atoms with E-state index >= 15 is 0 Å². The lowest BCUT2D eigenvalue weighted by Gasteiger charge is -2.36. The van der Waals surface area contributed by atoms with Gasteiger partial charge in [0.1, 0.15) is 0 Å². The van der Waals surface area contributed by atoms with Crippen LogP contribution in [0.2, 0.25) is 0 Å². The molecule has 3 nitrogen and oxygen atoms in total. The first kappa shape index (κ1) is 15.9. The van der Waals surface area contributed by atoms with Gasteiger partial charge in [0.05, 0.1) is 16.2 Å². The summed E-state index contributed by atoms with van der Waals surface area (Å²) in [5.74, 6) is 0.250. The molecule has 0 aliphatic carbocycles. The van der Waals surface area contributed by atoms with Crippen molar-refractivity contribution in [2.75, 3.05) is 13.1 Å². The molecule has 0 aromatic heterocycles. The molecule has 0 spiro atoms. The second kappa shape index (κ2) is 5.43. The molecular weight excluding hydrogens is 244 g/mol. The van der Waals surface area contributed by atoms with Crippen molar-refractivity contribution in [1.82, 2.24) is 4.90 Å². The summed E-state index contributed by atoms with van der Waals surface area (Å²) in [7, 11) is 0. The van der Waals surface area contributed by atoms with Crippen molar-refractivity contribution >= 4 is 17.2 Å². The molecule has 2 atom stereocenters. The molecule has 0 amide bonds. The quantitative estimate of drug-likeness (QED) is 0.781. The molecule has 0 aromatic carbocycles. The molecule has 4 heteroatoms. The highest BCUT2D eigenvalue weighted by Gasteiger charge is 2.48. The zero-order chi connectivity index (χ0) is 14.1. The van der Waals surface area contributed by atoms with E-state index in [1.807, 2.05) is 0 Å². The summed E-state index contributed by atoms with van der Waals surface area (Å²) in [5.41, 5.74) is 5.57. The van der Waals surface area contributed by atoms with Gasteiger partial charge >= 0.3 is 0 Å². The summed E-state index contributed by atoms with van der Waals surface area (Å²) < 4.78 is 6.17. The molecule has 1 saturated heterocycles. The number of likely N-dealkylation sites (N-methyl/N-ethyl adjacent to an activating group) is 1. The Morgan fingerprint density at radius 1 is 1.44 bits per heavy atom. The van der Waals surface area contributed by atoms with E-state index in [4.69, 9.17) is 22.7 Å². The molecule has 0 bridgehead atoms. The Kier molecular flexibility index (Phi) is 4.79. The summed E-state index contributed by atoms with van der Waals surface area (Å²) in [6, 6.07) is 0.425. The van der Waals surface area contributed by atoms with Gasteiger partial charge in [-0.25, -0.2) is 0 Å². The van der Waals surface area contributed by atoms with E-state index < -0.39 is 0 Å². The van der Waals surface area contributed by atoms with Crippen molar-refractivity contribution in [2.24, 2.45) is 11.7 Å². The summed E-state index contributed by atoms with van der Waals surface area (Å²) in [6.45, 7) is 14.9. The highest BCUT2D eigenvalue weighted by atomic mass is 32.1. The van der Waals surface area contributed by atoms with Crippen LogP contribution in [0, 0.1) is 5.92 Å². The van der Waals surface area contributed by atoms with Gasteiger partial charge in [0, 0.05) is 18.5 Å². The van der Waals surface area contributed by atoms with Crippen LogP contribution in [0.5, 0.6) is 0 Å². The lowest BCUT2D eigenvalue weighted by atomic mass is 9.92. The van der Waals surface area contributed by atoms with Crippen LogP contribution in [0.15, 0.2) is 0 Å². The standard InChI is InChI=1S/C14H28N2OS/c1-7-16(9-10(2)12(15)18)11-8-13(3,4)17-14(11,5)6/h10-11H,7-9H2,1-6H3,(H2,15,18). The minimum atomic E-state index is -0.116. The van der Waals surface area contributed by atoms with Crippen LogP contribution in [-0.2, 0) is 4.74 Å². The first-order valence-corrected chi connectivity index (χ1v) is 7.23. The molecule has 106 valence electrons. The van der Waals surface area contributed by atoms with Crippen molar-refractivity contribution < 1.29 is 4.74 Å². The lowest BCUT2D eigenvalue weighted by molar-refractivity contribution is -0.0805. The maximum atomic E-state index is 6.17. The molecule has 1 aliphatic heterocycles. The summed E-state index contributed by atoms with van der Waals surface area (Å²) in [6.07, 6.45) is 1.05. The molecule has 1 fully saturated rings. The SMILES string of the molecule is CCN(CC(C)C(N)=S)C1CC(C)(C)OC1(C)C.